The normalized spacial score (nSPS) is 9.69. The highest BCUT2D eigenvalue weighted by Gasteiger charge is 2.01. The number of aliphatic imine (C=N–C) groups is 1. The minimum Gasteiger partial charge on any atom is -0.264 e. The van der Waals surface area contributed by atoms with E-state index < -0.39 is 0 Å². The van der Waals surface area contributed by atoms with E-state index in [1.807, 2.05) is 25.3 Å². The van der Waals surface area contributed by atoms with Crippen molar-refractivity contribution in [1.82, 2.24) is 0 Å². The van der Waals surface area contributed by atoms with Gasteiger partial charge in [0.25, 0.3) is 0 Å². The van der Waals surface area contributed by atoms with Crippen LogP contribution in [0.3, 0.4) is 0 Å². The van der Waals surface area contributed by atoms with Crippen molar-refractivity contribution in [3.8, 4) is 0 Å². The van der Waals surface area contributed by atoms with Crippen LogP contribution in [0.25, 0.3) is 5.57 Å². The van der Waals surface area contributed by atoms with Crippen LogP contribution in [0.15, 0.2) is 34.7 Å². The van der Waals surface area contributed by atoms with Crippen LogP contribution < -0.4 is 0 Å². The van der Waals surface area contributed by atoms with Crippen molar-refractivity contribution in [1.29, 1.82) is 0 Å². The van der Waals surface area contributed by atoms with Gasteiger partial charge in [-0.15, -0.1) is 11.8 Å². The van der Waals surface area contributed by atoms with Gasteiger partial charge in [0.15, 0.2) is 0 Å². The Morgan fingerprint density at radius 3 is 2.62 bits per heavy atom. The highest BCUT2D eigenvalue weighted by Crippen LogP contribution is 2.29. The van der Waals surface area contributed by atoms with Crippen LogP contribution in [0.4, 0.5) is 5.69 Å². The van der Waals surface area contributed by atoms with Gasteiger partial charge >= 0.3 is 0 Å². The molecule has 0 aliphatic heterocycles. The maximum Gasteiger partial charge on any atom is 0.0708 e. The average molecular weight is 191 g/mol. The van der Waals surface area contributed by atoms with Crippen LogP contribution in [0.1, 0.15) is 12.5 Å². The molecule has 1 nitrogen and oxygen atoms in total. The molecule has 0 heterocycles. The molecule has 0 unspecified atom stereocenters. The third-order valence-corrected chi connectivity index (χ3v) is 2.56. The van der Waals surface area contributed by atoms with Crippen LogP contribution in [0, 0.1) is 0 Å². The second kappa shape index (κ2) is 4.28. The molecule has 0 saturated heterocycles. The van der Waals surface area contributed by atoms with Crippen molar-refractivity contribution < 1.29 is 0 Å². The molecule has 13 heavy (non-hydrogen) atoms. The van der Waals surface area contributed by atoms with Gasteiger partial charge in [0.05, 0.1) is 5.69 Å². The number of benzene rings is 1. The monoisotopic (exact) mass is 191 g/mol. The summed E-state index contributed by atoms with van der Waals surface area (Å²) in [7, 11) is 0. The topological polar surface area (TPSA) is 12.4 Å². The third-order valence-electron chi connectivity index (χ3n) is 1.84. The third kappa shape index (κ3) is 2.22. The second-order valence-corrected chi connectivity index (χ2v) is 3.70. The Balaban J connectivity index is 3.23. The molecular weight excluding hydrogens is 178 g/mol. The van der Waals surface area contributed by atoms with Crippen LogP contribution in [0.2, 0.25) is 0 Å². The van der Waals surface area contributed by atoms with Crippen LogP contribution in [-0.2, 0) is 0 Å². The summed E-state index contributed by atoms with van der Waals surface area (Å²) in [4.78, 5) is 5.18. The second-order valence-electron chi connectivity index (χ2n) is 2.82. The van der Waals surface area contributed by atoms with Crippen LogP contribution in [-0.4, -0.2) is 13.0 Å². The standard InChI is InChI=1S/C11H13NS/c1-8(2)10-6-5-9(13-4)7-11(10)12-3/h5-7H,1,3H2,2,4H3. The van der Waals surface area contributed by atoms with Crippen molar-refractivity contribution in [2.24, 2.45) is 4.99 Å². The molecule has 0 aliphatic carbocycles. The summed E-state index contributed by atoms with van der Waals surface area (Å²) >= 11 is 1.70. The van der Waals surface area contributed by atoms with E-state index in [4.69, 9.17) is 0 Å². The van der Waals surface area contributed by atoms with Crippen molar-refractivity contribution in [2.45, 2.75) is 11.8 Å². The van der Waals surface area contributed by atoms with E-state index in [-0.39, 0.29) is 0 Å². The summed E-state index contributed by atoms with van der Waals surface area (Å²) in [6, 6.07) is 6.14. The average Bonchev–Trinajstić information content (AvgIpc) is 2.16. The van der Waals surface area contributed by atoms with Gasteiger partial charge in [0.1, 0.15) is 0 Å². The largest absolute Gasteiger partial charge is 0.264 e. The molecule has 0 fully saturated rings. The molecule has 2 heteroatoms. The summed E-state index contributed by atoms with van der Waals surface area (Å²) < 4.78 is 0. The highest BCUT2D eigenvalue weighted by atomic mass is 32.2. The van der Waals surface area contributed by atoms with Gasteiger partial charge in [-0.1, -0.05) is 12.6 Å². The molecule has 0 radical (unpaired) electrons. The molecule has 1 rings (SSSR count). The number of allylic oxidation sites excluding steroid dienone is 1. The Morgan fingerprint density at radius 1 is 1.46 bits per heavy atom. The van der Waals surface area contributed by atoms with Crippen molar-refractivity contribution in [3.63, 3.8) is 0 Å². The van der Waals surface area contributed by atoms with E-state index in [1.54, 1.807) is 11.8 Å². The Morgan fingerprint density at radius 2 is 2.15 bits per heavy atom. The van der Waals surface area contributed by atoms with Crippen molar-refractivity contribution >= 4 is 29.7 Å². The molecule has 0 amide bonds. The Labute approximate surface area is 83.6 Å². The summed E-state index contributed by atoms with van der Waals surface area (Å²) in [5.74, 6) is 0. The lowest BCUT2D eigenvalue weighted by Crippen LogP contribution is -1.80. The van der Waals surface area contributed by atoms with Gasteiger partial charge in [-0.25, -0.2) is 0 Å². The van der Waals surface area contributed by atoms with E-state index in [2.05, 4.69) is 24.4 Å². The summed E-state index contributed by atoms with van der Waals surface area (Å²) in [5.41, 5.74) is 3.02. The minimum atomic E-state index is 0.916. The smallest absolute Gasteiger partial charge is 0.0708 e. The lowest BCUT2D eigenvalue weighted by atomic mass is 10.1. The fourth-order valence-electron chi connectivity index (χ4n) is 1.13. The van der Waals surface area contributed by atoms with Gasteiger partial charge < -0.3 is 0 Å². The Kier molecular flexibility index (Phi) is 3.32. The molecule has 0 aromatic heterocycles. The Bertz CT molecular complexity index is 342. The van der Waals surface area contributed by atoms with E-state index >= 15 is 0 Å². The number of hydrogen-bond acceptors (Lipinski definition) is 2. The first-order valence-corrected chi connectivity index (χ1v) is 5.22. The molecule has 0 bridgehead atoms. The SMILES string of the molecule is C=Nc1cc(SC)ccc1C(=C)C. The maximum atomic E-state index is 3.98. The molecule has 0 N–H and O–H groups in total. The number of hydrogen-bond donors (Lipinski definition) is 0. The lowest BCUT2D eigenvalue weighted by Gasteiger charge is -2.05. The molecule has 0 spiro atoms. The quantitative estimate of drug-likeness (QED) is 0.523. The van der Waals surface area contributed by atoms with E-state index in [0.717, 1.165) is 16.8 Å². The molecule has 68 valence electrons. The van der Waals surface area contributed by atoms with Gasteiger partial charge in [-0.2, -0.15) is 0 Å². The number of thioether (sulfide) groups is 1. The van der Waals surface area contributed by atoms with Gasteiger partial charge in [0.2, 0.25) is 0 Å². The Hall–Kier alpha value is -1.02. The van der Waals surface area contributed by atoms with Gasteiger partial charge in [0, 0.05) is 10.5 Å². The minimum absolute atomic E-state index is 0.916. The molecule has 1 aromatic rings. The highest BCUT2D eigenvalue weighted by molar-refractivity contribution is 7.98. The summed E-state index contributed by atoms with van der Waals surface area (Å²) in [6.07, 6.45) is 2.04. The molecular formula is C11H13NS. The number of rotatable bonds is 3. The summed E-state index contributed by atoms with van der Waals surface area (Å²) in [5, 5.41) is 0. The fraction of sp³-hybridized carbons (Fsp3) is 0.182. The summed E-state index contributed by atoms with van der Waals surface area (Å²) in [6.45, 7) is 9.42. The fourth-order valence-corrected chi connectivity index (χ4v) is 1.56. The first-order chi connectivity index (χ1) is 6.19. The van der Waals surface area contributed by atoms with Gasteiger partial charge in [-0.05, 0) is 37.6 Å². The first kappa shape index (κ1) is 10.1. The van der Waals surface area contributed by atoms with E-state index in [9.17, 15) is 0 Å². The predicted octanol–water partition coefficient (Wildman–Crippen LogP) is 3.77. The van der Waals surface area contributed by atoms with Crippen molar-refractivity contribution in [2.75, 3.05) is 6.26 Å². The molecule has 0 saturated carbocycles. The zero-order valence-corrected chi connectivity index (χ0v) is 8.82. The van der Waals surface area contributed by atoms with Crippen molar-refractivity contribution in [3.05, 3.63) is 30.3 Å². The number of nitrogens with zero attached hydrogens (tertiary/aromatic N) is 1. The first-order valence-electron chi connectivity index (χ1n) is 3.99. The molecule has 0 atom stereocenters. The van der Waals surface area contributed by atoms with E-state index in [0.29, 0.717) is 0 Å². The molecule has 0 aliphatic rings. The molecule has 1 aromatic carbocycles. The zero-order valence-electron chi connectivity index (χ0n) is 8.00. The predicted molar refractivity (Wildman–Crippen MR) is 62.1 cm³/mol. The zero-order chi connectivity index (χ0) is 9.84. The van der Waals surface area contributed by atoms with Crippen LogP contribution in [0.5, 0.6) is 0 Å². The van der Waals surface area contributed by atoms with E-state index in [1.165, 1.54) is 4.90 Å². The maximum absolute atomic E-state index is 3.98. The van der Waals surface area contributed by atoms with Gasteiger partial charge in [-0.3, -0.25) is 4.99 Å². The van der Waals surface area contributed by atoms with Crippen LogP contribution >= 0.6 is 11.8 Å². The lowest BCUT2D eigenvalue weighted by molar-refractivity contribution is 1.39.